The Morgan fingerprint density at radius 1 is 1.29 bits per heavy atom. The van der Waals surface area contributed by atoms with Gasteiger partial charge in [-0.15, -0.1) is 0 Å². The molecule has 34 heavy (non-hydrogen) atoms. The van der Waals surface area contributed by atoms with Crippen molar-refractivity contribution >= 4 is 24.2 Å². The van der Waals surface area contributed by atoms with Crippen molar-refractivity contribution in [2.75, 3.05) is 19.6 Å². The lowest BCUT2D eigenvalue weighted by atomic mass is 9.88. The van der Waals surface area contributed by atoms with Crippen LogP contribution >= 0.6 is 0 Å². The average molecular weight is 485 g/mol. The molecule has 0 radical (unpaired) electrons. The van der Waals surface area contributed by atoms with Gasteiger partial charge in [-0.1, -0.05) is 27.2 Å². The Morgan fingerprint density at radius 3 is 2.47 bits per heavy atom. The van der Waals surface area contributed by atoms with Gasteiger partial charge in [0.25, 0.3) is 0 Å². The zero-order chi connectivity index (χ0) is 25.9. The van der Waals surface area contributed by atoms with Crippen LogP contribution < -0.4 is 21.3 Å². The van der Waals surface area contributed by atoms with E-state index in [4.69, 9.17) is 4.74 Å². The number of ether oxygens (including phenoxy) is 1. The van der Waals surface area contributed by atoms with E-state index >= 15 is 0 Å². The number of aliphatic hydroxyl groups is 1. The van der Waals surface area contributed by atoms with E-state index in [0.29, 0.717) is 32.2 Å². The molecule has 1 heterocycles. The number of amides is 3. The zero-order valence-electron chi connectivity index (χ0n) is 21.5. The highest BCUT2D eigenvalue weighted by Crippen LogP contribution is 2.21. The van der Waals surface area contributed by atoms with Crippen molar-refractivity contribution in [1.29, 1.82) is 0 Å². The SMILES string of the molecule is CCCCNC(=O)C(O)[C@H](C[C@@H]1CCNC1=O)NC[C@@](C=O)(CC(C)C)NC(=O)OC(C)(C)C. The molecule has 0 saturated carbocycles. The van der Waals surface area contributed by atoms with Crippen molar-refractivity contribution in [3.8, 4) is 0 Å². The third-order valence-electron chi connectivity index (χ3n) is 5.61. The fourth-order valence-corrected chi connectivity index (χ4v) is 4.01. The fraction of sp³-hybridized carbons (Fsp3) is 0.833. The van der Waals surface area contributed by atoms with Crippen LogP contribution in [0.15, 0.2) is 0 Å². The molecule has 0 bridgehead atoms. The lowest BCUT2D eigenvalue weighted by Crippen LogP contribution is -2.61. The fourth-order valence-electron chi connectivity index (χ4n) is 4.01. The average Bonchev–Trinajstić information content (AvgIpc) is 3.12. The lowest BCUT2D eigenvalue weighted by Gasteiger charge is -2.35. The van der Waals surface area contributed by atoms with Gasteiger partial charge in [-0.3, -0.25) is 9.59 Å². The predicted molar refractivity (Wildman–Crippen MR) is 129 cm³/mol. The van der Waals surface area contributed by atoms with E-state index in [1.807, 2.05) is 20.8 Å². The van der Waals surface area contributed by atoms with Crippen LogP contribution in [0, 0.1) is 11.8 Å². The van der Waals surface area contributed by atoms with Gasteiger partial charge in [0.15, 0.2) is 0 Å². The molecule has 4 atom stereocenters. The molecule has 0 aromatic carbocycles. The van der Waals surface area contributed by atoms with Gasteiger partial charge in [-0.2, -0.15) is 0 Å². The van der Waals surface area contributed by atoms with Crippen molar-refractivity contribution in [2.45, 2.75) is 96.9 Å². The van der Waals surface area contributed by atoms with E-state index < -0.39 is 35.3 Å². The molecule has 1 fully saturated rings. The molecule has 1 aliphatic heterocycles. The number of rotatable bonds is 14. The van der Waals surface area contributed by atoms with Gasteiger partial charge in [0.05, 0.1) is 0 Å². The second kappa shape index (κ2) is 13.6. The summed E-state index contributed by atoms with van der Waals surface area (Å²) in [7, 11) is 0. The van der Waals surface area contributed by atoms with Crippen molar-refractivity contribution < 1.29 is 29.0 Å². The summed E-state index contributed by atoms with van der Waals surface area (Å²) in [6.45, 7) is 12.0. The lowest BCUT2D eigenvalue weighted by molar-refractivity contribution is -0.132. The monoisotopic (exact) mass is 484 g/mol. The molecule has 3 amide bonds. The first-order valence-corrected chi connectivity index (χ1v) is 12.3. The molecule has 0 spiro atoms. The van der Waals surface area contributed by atoms with E-state index in [1.54, 1.807) is 20.8 Å². The summed E-state index contributed by atoms with van der Waals surface area (Å²) in [6.07, 6.45) is 1.33. The molecule has 1 aliphatic rings. The predicted octanol–water partition coefficient (Wildman–Crippen LogP) is 1.26. The summed E-state index contributed by atoms with van der Waals surface area (Å²) in [5.74, 6) is -0.959. The Morgan fingerprint density at radius 2 is 1.97 bits per heavy atom. The number of aliphatic hydroxyl groups excluding tert-OH is 1. The van der Waals surface area contributed by atoms with E-state index in [1.165, 1.54) is 0 Å². The minimum Gasteiger partial charge on any atom is -0.444 e. The number of nitrogens with one attached hydrogen (secondary N) is 4. The molecule has 5 N–H and O–H groups in total. The number of carbonyl (C=O) groups is 4. The maximum absolute atomic E-state index is 12.6. The summed E-state index contributed by atoms with van der Waals surface area (Å²) in [5.41, 5.74) is -2.06. The van der Waals surface area contributed by atoms with Crippen molar-refractivity contribution in [3.05, 3.63) is 0 Å². The first kappa shape index (κ1) is 29.8. The molecule has 0 aromatic rings. The summed E-state index contributed by atoms with van der Waals surface area (Å²) >= 11 is 0. The quantitative estimate of drug-likeness (QED) is 0.184. The Hall–Kier alpha value is -2.20. The Balaban J connectivity index is 3.04. The van der Waals surface area contributed by atoms with Crippen LogP contribution in [0.2, 0.25) is 0 Å². The molecule has 0 aliphatic carbocycles. The standard InChI is InChI=1S/C24H44N4O6/c1-7-8-10-25-21(32)19(30)18(12-17-9-11-26-20(17)31)27-14-24(15-29,13-16(2)3)28-22(33)34-23(4,5)6/h15-19,27,30H,7-14H2,1-6H3,(H,25,32)(H,26,31)(H,28,33)/t17-,18-,19?,24+/m0/s1. The number of carbonyl (C=O) groups excluding carboxylic acids is 4. The Bertz CT molecular complexity index is 693. The van der Waals surface area contributed by atoms with Crippen LogP contribution in [0.25, 0.3) is 0 Å². The molecule has 196 valence electrons. The molecule has 10 nitrogen and oxygen atoms in total. The largest absolute Gasteiger partial charge is 0.444 e. The van der Waals surface area contributed by atoms with Gasteiger partial charge in [0.2, 0.25) is 11.8 Å². The highest BCUT2D eigenvalue weighted by atomic mass is 16.6. The molecular weight excluding hydrogens is 440 g/mol. The normalized spacial score (nSPS) is 19.6. The third kappa shape index (κ3) is 10.4. The van der Waals surface area contributed by atoms with Crippen molar-refractivity contribution in [2.24, 2.45) is 11.8 Å². The van der Waals surface area contributed by atoms with Gasteiger partial charge in [0, 0.05) is 31.6 Å². The molecule has 0 aromatic heterocycles. The van der Waals surface area contributed by atoms with Crippen LogP contribution in [-0.2, 0) is 19.1 Å². The Kier molecular flexibility index (Phi) is 12.0. The third-order valence-corrected chi connectivity index (χ3v) is 5.61. The van der Waals surface area contributed by atoms with Gasteiger partial charge in [0.1, 0.15) is 23.5 Å². The first-order valence-electron chi connectivity index (χ1n) is 12.3. The summed E-state index contributed by atoms with van der Waals surface area (Å²) in [4.78, 5) is 49.4. The van der Waals surface area contributed by atoms with Crippen molar-refractivity contribution in [3.63, 3.8) is 0 Å². The summed E-state index contributed by atoms with van der Waals surface area (Å²) in [5, 5.41) is 22.1. The maximum atomic E-state index is 12.6. The van der Waals surface area contributed by atoms with Gasteiger partial charge >= 0.3 is 6.09 Å². The summed E-state index contributed by atoms with van der Waals surface area (Å²) < 4.78 is 5.34. The minimum atomic E-state index is -1.42. The van der Waals surface area contributed by atoms with Crippen LogP contribution in [0.4, 0.5) is 4.79 Å². The van der Waals surface area contributed by atoms with Crippen LogP contribution in [0.3, 0.4) is 0 Å². The van der Waals surface area contributed by atoms with E-state index in [2.05, 4.69) is 21.3 Å². The molecule has 10 heteroatoms. The van der Waals surface area contributed by atoms with E-state index in [0.717, 1.165) is 12.8 Å². The maximum Gasteiger partial charge on any atom is 0.408 e. The van der Waals surface area contributed by atoms with Crippen LogP contribution in [0.1, 0.15) is 73.6 Å². The summed E-state index contributed by atoms with van der Waals surface area (Å²) in [6, 6.07) is -0.789. The Labute approximate surface area is 203 Å². The number of aldehydes is 1. The highest BCUT2D eigenvalue weighted by molar-refractivity contribution is 5.83. The number of hydrogen-bond acceptors (Lipinski definition) is 7. The molecular formula is C24H44N4O6. The number of unbranched alkanes of at least 4 members (excludes halogenated alkanes) is 1. The van der Waals surface area contributed by atoms with Gasteiger partial charge < -0.3 is 35.9 Å². The van der Waals surface area contributed by atoms with E-state index in [-0.39, 0.29) is 30.7 Å². The van der Waals surface area contributed by atoms with Gasteiger partial charge in [-0.25, -0.2) is 4.79 Å². The van der Waals surface area contributed by atoms with Crippen molar-refractivity contribution in [1.82, 2.24) is 21.3 Å². The first-order chi connectivity index (χ1) is 15.8. The smallest absolute Gasteiger partial charge is 0.408 e. The zero-order valence-corrected chi connectivity index (χ0v) is 21.5. The van der Waals surface area contributed by atoms with Crippen LogP contribution in [0.5, 0.6) is 0 Å². The second-order valence-electron chi connectivity index (χ2n) is 10.6. The molecule has 1 saturated heterocycles. The number of hydrogen-bond donors (Lipinski definition) is 5. The second-order valence-corrected chi connectivity index (χ2v) is 10.6. The highest BCUT2D eigenvalue weighted by Gasteiger charge is 2.38. The molecule has 1 unspecified atom stereocenters. The molecule has 1 rings (SSSR count). The minimum absolute atomic E-state index is 0.0355. The van der Waals surface area contributed by atoms with E-state index in [9.17, 15) is 24.3 Å². The topological polar surface area (TPSA) is 146 Å². The van der Waals surface area contributed by atoms with Crippen LogP contribution in [-0.4, -0.2) is 72.2 Å². The van der Waals surface area contributed by atoms with Gasteiger partial charge in [-0.05, 0) is 52.4 Å². The number of alkyl carbamates (subject to hydrolysis) is 1.